The third-order valence-corrected chi connectivity index (χ3v) is 4.85. The van der Waals surface area contributed by atoms with Crippen LogP contribution >= 0.6 is 27.3 Å². The second-order valence-corrected chi connectivity index (χ2v) is 7.05. The molecule has 0 aliphatic heterocycles. The molecule has 2 aromatic rings. The second-order valence-electron chi connectivity index (χ2n) is 5.08. The van der Waals surface area contributed by atoms with Crippen molar-refractivity contribution in [3.63, 3.8) is 0 Å². The maximum atomic E-state index is 4.38. The van der Waals surface area contributed by atoms with Gasteiger partial charge in [0.05, 0.1) is 11.4 Å². The number of thiazole rings is 1. The number of hydrogen-bond acceptors (Lipinski definition) is 5. The SMILES string of the molecule is CCN(CCBr)c1ccc(/N=N/c2nc(C)c(C)s2)c(C)c1. The van der Waals surface area contributed by atoms with E-state index >= 15 is 0 Å². The molecule has 4 nitrogen and oxygen atoms in total. The average molecular weight is 381 g/mol. The molecule has 118 valence electrons. The highest BCUT2D eigenvalue weighted by Gasteiger charge is 2.06. The van der Waals surface area contributed by atoms with Gasteiger partial charge < -0.3 is 4.90 Å². The molecule has 1 aromatic carbocycles. The Kier molecular flexibility index (Phi) is 6.08. The number of aryl methyl sites for hydroxylation is 3. The molecule has 0 aliphatic carbocycles. The minimum Gasteiger partial charge on any atom is -0.371 e. The largest absolute Gasteiger partial charge is 0.371 e. The van der Waals surface area contributed by atoms with E-state index in [2.05, 4.69) is 68.9 Å². The van der Waals surface area contributed by atoms with Crippen molar-refractivity contribution >= 4 is 43.8 Å². The average Bonchev–Trinajstić information content (AvgIpc) is 2.82. The van der Waals surface area contributed by atoms with Crippen LogP contribution in [-0.4, -0.2) is 23.4 Å². The number of anilines is 1. The van der Waals surface area contributed by atoms with Crippen molar-refractivity contribution in [2.24, 2.45) is 10.2 Å². The van der Waals surface area contributed by atoms with Crippen LogP contribution in [-0.2, 0) is 0 Å². The lowest BCUT2D eigenvalue weighted by Crippen LogP contribution is -2.24. The van der Waals surface area contributed by atoms with Crippen molar-refractivity contribution in [3.8, 4) is 0 Å². The summed E-state index contributed by atoms with van der Waals surface area (Å²) in [5, 5.41) is 10.3. The summed E-state index contributed by atoms with van der Waals surface area (Å²) < 4.78 is 0. The summed E-state index contributed by atoms with van der Waals surface area (Å²) in [7, 11) is 0. The predicted molar refractivity (Wildman–Crippen MR) is 98.6 cm³/mol. The first-order valence-electron chi connectivity index (χ1n) is 7.32. The van der Waals surface area contributed by atoms with E-state index in [4.69, 9.17) is 0 Å². The van der Waals surface area contributed by atoms with Gasteiger partial charge in [-0.1, -0.05) is 27.3 Å². The first-order valence-corrected chi connectivity index (χ1v) is 9.26. The van der Waals surface area contributed by atoms with Gasteiger partial charge in [-0.15, -0.1) is 10.2 Å². The van der Waals surface area contributed by atoms with Crippen LogP contribution < -0.4 is 4.90 Å². The monoisotopic (exact) mass is 380 g/mol. The molecule has 0 saturated heterocycles. The summed E-state index contributed by atoms with van der Waals surface area (Å²) in [6.45, 7) is 10.3. The van der Waals surface area contributed by atoms with Crippen LogP contribution in [0.4, 0.5) is 16.5 Å². The highest BCUT2D eigenvalue weighted by atomic mass is 79.9. The van der Waals surface area contributed by atoms with Crippen molar-refractivity contribution in [2.75, 3.05) is 23.3 Å². The van der Waals surface area contributed by atoms with Gasteiger partial charge in [-0.3, -0.25) is 0 Å². The lowest BCUT2D eigenvalue weighted by atomic mass is 10.1. The van der Waals surface area contributed by atoms with E-state index in [9.17, 15) is 0 Å². The fraction of sp³-hybridized carbons (Fsp3) is 0.438. The first kappa shape index (κ1) is 17.1. The Balaban J connectivity index is 2.19. The standard InChI is InChI=1S/C16H21BrN4S/c1-5-21(9-8-17)14-6-7-15(11(2)10-14)19-20-16-18-12(3)13(4)22-16/h6-7,10H,5,8-9H2,1-4H3/b20-19+. The minimum absolute atomic E-state index is 0.716. The third kappa shape index (κ3) is 4.14. The lowest BCUT2D eigenvalue weighted by Gasteiger charge is -2.22. The van der Waals surface area contributed by atoms with Crippen molar-refractivity contribution in [1.29, 1.82) is 0 Å². The fourth-order valence-electron chi connectivity index (χ4n) is 2.12. The number of alkyl halides is 1. The van der Waals surface area contributed by atoms with Gasteiger partial charge in [0, 0.05) is 29.0 Å². The molecule has 1 aromatic heterocycles. The van der Waals surface area contributed by atoms with Crippen molar-refractivity contribution < 1.29 is 0 Å². The van der Waals surface area contributed by atoms with E-state index in [1.807, 2.05) is 13.0 Å². The molecule has 22 heavy (non-hydrogen) atoms. The molecule has 0 atom stereocenters. The van der Waals surface area contributed by atoms with E-state index in [1.165, 1.54) is 10.6 Å². The number of benzene rings is 1. The van der Waals surface area contributed by atoms with Gasteiger partial charge in [0.25, 0.3) is 0 Å². The second kappa shape index (κ2) is 7.83. The summed E-state index contributed by atoms with van der Waals surface area (Å²) in [4.78, 5) is 7.90. The summed E-state index contributed by atoms with van der Waals surface area (Å²) in [5.41, 5.74) is 4.27. The molecule has 0 aliphatic rings. The topological polar surface area (TPSA) is 40.9 Å². The summed E-state index contributed by atoms with van der Waals surface area (Å²) in [6.07, 6.45) is 0. The Morgan fingerprint density at radius 2 is 2.00 bits per heavy atom. The molecule has 0 bridgehead atoms. The summed E-state index contributed by atoms with van der Waals surface area (Å²) >= 11 is 5.07. The number of halogens is 1. The van der Waals surface area contributed by atoms with Crippen molar-refractivity contribution in [3.05, 3.63) is 34.3 Å². The molecular weight excluding hydrogens is 360 g/mol. The molecule has 0 unspecified atom stereocenters. The van der Waals surface area contributed by atoms with Gasteiger partial charge in [0.1, 0.15) is 0 Å². The number of rotatable bonds is 6. The van der Waals surface area contributed by atoms with E-state index in [-0.39, 0.29) is 0 Å². The fourth-order valence-corrected chi connectivity index (χ4v) is 3.28. The predicted octanol–water partition coefficient (Wildman–Crippen LogP) is 5.70. The lowest BCUT2D eigenvalue weighted by molar-refractivity contribution is 0.874. The van der Waals surface area contributed by atoms with Crippen LogP contribution in [0.3, 0.4) is 0 Å². The molecule has 0 radical (unpaired) electrons. The molecular formula is C16H21BrN4S. The summed E-state index contributed by atoms with van der Waals surface area (Å²) in [6, 6.07) is 6.29. The molecule has 0 fully saturated rings. The Bertz CT molecular complexity index is 647. The van der Waals surface area contributed by atoms with Crippen LogP contribution in [0.5, 0.6) is 0 Å². The Morgan fingerprint density at radius 3 is 2.55 bits per heavy atom. The van der Waals surface area contributed by atoms with Crippen LogP contribution in [0.2, 0.25) is 0 Å². The first-order chi connectivity index (χ1) is 10.5. The number of hydrogen-bond donors (Lipinski definition) is 0. The molecule has 1 heterocycles. The smallest absolute Gasteiger partial charge is 0.230 e. The zero-order chi connectivity index (χ0) is 16.1. The van der Waals surface area contributed by atoms with Gasteiger partial charge in [0.15, 0.2) is 0 Å². The molecule has 6 heteroatoms. The zero-order valence-electron chi connectivity index (χ0n) is 13.4. The number of azo groups is 1. The minimum atomic E-state index is 0.716. The number of nitrogens with zero attached hydrogens (tertiary/aromatic N) is 4. The Labute approximate surface area is 144 Å². The zero-order valence-corrected chi connectivity index (χ0v) is 15.8. The van der Waals surface area contributed by atoms with E-state index in [1.54, 1.807) is 11.3 Å². The maximum absolute atomic E-state index is 4.38. The van der Waals surface area contributed by atoms with E-state index in [0.717, 1.165) is 35.4 Å². The van der Waals surface area contributed by atoms with Gasteiger partial charge in [-0.2, -0.15) is 0 Å². The van der Waals surface area contributed by atoms with Crippen molar-refractivity contribution in [2.45, 2.75) is 27.7 Å². The Hall–Kier alpha value is -1.27. The molecule has 0 spiro atoms. The molecule has 0 amide bonds. The highest BCUT2D eigenvalue weighted by molar-refractivity contribution is 9.09. The van der Waals surface area contributed by atoms with E-state index in [0.29, 0.717) is 5.13 Å². The molecule has 0 saturated carbocycles. The van der Waals surface area contributed by atoms with Gasteiger partial charge in [-0.25, -0.2) is 4.98 Å². The van der Waals surface area contributed by atoms with Gasteiger partial charge >= 0.3 is 0 Å². The molecule has 0 N–H and O–H groups in total. The van der Waals surface area contributed by atoms with Crippen LogP contribution in [0.15, 0.2) is 28.4 Å². The third-order valence-electron chi connectivity index (χ3n) is 3.54. The number of aromatic nitrogens is 1. The summed E-state index contributed by atoms with van der Waals surface area (Å²) in [5.74, 6) is 0. The highest BCUT2D eigenvalue weighted by Crippen LogP contribution is 2.29. The van der Waals surface area contributed by atoms with Crippen molar-refractivity contribution in [1.82, 2.24) is 4.98 Å². The van der Waals surface area contributed by atoms with Crippen LogP contribution in [0.1, 0.15) is 23.1 Å². The van der Waals surface area contributed by atoms with Crippen LogP contribution in [0, 0.1) is 20.8 Å². The van der Waals surface area contributed by atoms with Gasteiger partial charge in [-0.05, 0) is 51.5 Å². The normalized spacial score (nSPS) is 11.3. The van der Waals surface area contributed by atoms with E-state index < -0.39 is 0 Å². The van der Waals surface area contributed by atoms with Gasteiger partial charge in [0.2, 0.25) is 5.13 Å². The quantitative estimate of drug-likeness (QED) is 0.475. The molecule has 2 rings (SSSR count). The Morgan fingerprint density at radius 1 is 1.23 bits per heavy atom. The van der Waals surface area contributed by atoms with Crippen LogP contribution in [0.25, 0.3) is 0 Å². The maximum Gasteiger partial charge on any atom is 0.230 e.